The highest BCUT2D eigenvalue weighted by molar-refractivity contribution is 7.89. The van der Waals surface area contributed by atoms with E-state index < -0.39 is 14.8 Å². The van der Waals surface area contributed by atoms with Crippen molar-refractivity contribution in [3.63, 3.8) is 0 Å². The van der Waals surface area contributed by atoms with E-state index in [-0.39, 0.29) is 17.0 Å². The van der Waals surface area contributed by atoms with Gasteiger partial charge in [0.2, 0.25) is 0 Å². The van der Waals surface area contributed by atoms with Gasteiger partial charge < -0.3 is 4.98 Å². The fourth-order valence-corrected chi connectivity index (χ4v) is 2.60. The number of nitro groups is 1. The van der Waals surface area contributed by atoms with Gasteiger partial charge in [0.15, 0.2) is 9.84 Å². The third-order valence-electron chi connectivity index (χ3n) is 2.42. The molecular weight excluding hydrogens is 244 g/mol. The molecule has 0 bridgehead atoms. The summed E-state index contributed by atoms with van der Waals surface area (Å²) in [7, 11) is -3.32. The minimum atomic E-state index is -3.32. The van der Waals surface area contributed by atoms with Gasteiger partial charge in [-0.1, -0.05) is 0 Å². The van der Waals surface area contributed by atoms with E-state index in [0.717, 1.165) is 6.26 Å². The summed E-state index contributed by atoms with van der Waals surface area (Å²) in [6, 6.07) is 4.53. The van der Waals surface area contributed by atoms with Crippen LogP contribution in [0.15, 0.2) is 24.4 Å². The molecule has 0 saturated carbocycles. The maximum atomic E-state index is 11.3. The van der Waals surface area contributed by atoms with Crippen molar-refractivity contribution in [1.29, 1.82) is 0 Å². The smallest absolute Gasteiger partial charge is 0.274 e. The van der Waals surface area contributed by atoms with Crippen LogP contribution in [0.2, 0.25) is 0 Å². The molecule has 0 unspecified atom stereocenters. The second-order valence-corrected chi connectivity index (χ2v) is 5.97. The lowest BCUT2D eigenvalue weighted by atomic mass is 10.1. The van der Waals surface area contributed by atoms with E-state index in [1.807, 2.05) is 0 Å². The predicted molar refractivity (Wildman–Crippen MR) is 63.5 cm³/mol. The van der Waals surface area contributed by atoms with Crippen molar-refractivity contribution in [3.8, 4) is 0 Å². The summed E-state index contributed by atoms with van der Waals surface area (Å²) in [5.74, 6) is -0.335. The Balaban J connectivity index is 2.74. The number of fused-ring (bicyclic) bond motifs is 1. The Bertz CT molecular complexity index is 687. The summed E-state index contributed by atoms with van der Waals surface area (Å²) in [6.45, 7) is 0. The lowest BCUT2D eigenvalue weighted by molar-refractivity contribution is -0.385. The Hall–Kier alpha value is -1.89. The van der Waals surface area contributed by atoms with Crippen molar-refractivity contribution in [1.82, 2.24) is 4.98 Å². The first kappa shape index (κ1) is 11.6. The number of benzene rings is 1. The molecule has 1 aromatic heterocycles. The third kappa shape index (κ3) is 2.28. The van der Waals surface area contributed by atoms with Gasteiger partial charge in [-0.15, -0.1) is 0 Å². The monoisotopic (exact) mass is 254 g/mol. The molecule has 2 aromatic rings. The van der Waals surface area contributed by atoms with Gasteiger partial charge >= 0.3 is 0 Å². The van der Waals surface area contributed by atoms with Crippen LogP contribution in [-0.4, -0.2) is 24.6 Å². The fraction of sp³-hybridized carbons (Fsp3) is 0.200. The van der Waals surface area contributed by atoms with Crippen molar-refractivity contribution in [2.75, 3.05) is 6.26 Å². The van der Waals surface area contributed by atoms with Crippen LogP contribution < -0.4 is 0 Å². The third-order valence-corrected chi connectivity index (χ3v) is 3.24. The second kappa shape index (κ2) is 3.85. The molecule has 0 fully saturated rings. The molecule has 0 aliphatic rings. The van der Waals surface area contributed by atoms with Crippen molar-refractivity contribution < 1.29 is 13.3 Å². The molecule has 90 valence electrons. The van der Waals surface area contributed by atoms with Crippen LogP contribution in [0.4, 0.5) is 5.69 Å². The average Bonchev–Trinajstić information content (AvgIpc) is 2.63. The fourth-order valence-electron chi connectivity index (χ4n) is 1.77. The Morgan fingerprint density at radius 1 is 1.35 bits per heavy atom. The van der Waals surface area contributed by atoms with E-state index in [1.165, 1.54) is 6.07 Å². The van der Waals surface area contributed by atoms with Crippen molar-refractivity contribution in [2.24, 2.45) is 0 Å². The van der Waals surface area contributed by atoms with Gasteiger partial charge in [0.1, 0.15) is 0 Å². The van der Waals surface area contributed by atoms with Gasteiger partial charge in [-0.05, 0) is 12.1 Å². The van der Waals surface area contributed by atoms with Crippen LogP contribution in [0.1, 0.15) is 5.56 Å². The van der Waals surface area contributed by atoms with Gasteiger partial charge in [0, 0.05) is 29.4 Å². The standard InChI is InChI=1S/C10H10N2O4S/c1-17(15,16)6-8-7-4-5-11-9(7)2-3-10(8)12(13)14/h2-5,11H,6H2,1H3. The van der Waals surface area contributed by atoms with E-state index in [4.69, 9.17) is 0 Å². The molecule has 1 heterocycles. The van der Waals surface area contributed by atoms with E-state index >= 15 is 0 Å². The molecule has 2 rings (SSSR count). The summed E-state index contributed by atoms with van der Waals surface area (Å²) < 4.78 is 22.6. The second-order valence-electron chi connectivity index (χ2n) is 3.83. The first-order chi connectivity index (χ1) is 7.88. The molecule has 0 amide bonds. The molecule has 6 nitrogen and oxygen atoms in total. The molecule has 0 spiro atoms. The van der Waals surface area contributed by atoms with Gasteiger partial charge in [-0.2, -0.15) is 0 Å². The van der Waals surface area contributed by atoms with E-state index in [0.29, 0.717) is 10.9 Å². The summed E-state index contributed by atoms with van der Waals surface area (Å²) >= 11 is 0. The number of aromatic amines is 1. The van der Waals surface area contributed by atoms with Crippen molar-refractivity contribution in [3.05, 3.63) is 40.1 Å². The largest absolute Gasteiger partial charge is 0.361 e. The Morgan fingerprint density at radius 2 is 2.06 bits per heavy atom. The number of sulfone groups is 1. The Morgan fingerprint density at radius 3 is 2.65 bits per heavy atom. The molecule has 7 heteroatoms. The summed E-state index contributed by atoms with van der Waals surface area (Å²) in [6.07, 6.45) is 2.68. The maximum absolute atomic E-state index is 11.3. The maximum Gasteiger partial charge on any atom is 0.274 e. The first-order valence-electron chi connectivity index (χ1n) is 4.79. The number of H-pyrrole nitrogens is 1. The van der Waals surface area contributed by atoms with E-state index in [2.05, 4.69) is 4.98 Å². The molecule has 0 radical (unpaired) electrons. The van der Waals surface area contributed by atoms with Gasteiger partial charge in [-0.25, -0.2) is 8.42 Å². The molecule has 0 aliphatic carbocycles. The minimum Gasteiger partial charge on any atom is -0.361 e. The van der Waals surface area contributed by atoms with Gasteiger partial charge in [0.25, 0.3) is 5.69 Å². The van der Waals surface area contributed by atoms with E-state index in [1.54, 1.807) is 18.3 Å². The molecule has 1 N–H and O–H groups in total. The number of nitrogens with zero attached hydrogens (tertiary/aromatic N) is 1. The zero-order valence-corrected chi connectivity index (χ0v) is 9.82. The van der Waals surface area contributed by atoms with E-state index in [9.17, 15) is 18.5 Å². The number of hydrogen-bond donors (Lipinski definition) is 1. The van der Waals surface area contributed by atoms with Gasteiger partial charge in [-0.3, -0.25) is 10.1 Å². The topological polar surface area (TPSA) is 93.1 Å². The normalized spacial score (nSPS) is 11.8. The lowest BCUT2D eigenvalue weighted by Gasteiger charge is -2.03. The Kier molecular flexibility index (Phi) is 2.62. The van der Waals surface area contributed by atoms with Crippen LogP contribution >= 0.6 is 0 Å². The number of aromatic nitrogens is 1. The van der Waals surface area contributed by atoms with Crippen LogP contribution in [0.5, 0.6) is 0 Å². The molecule has 0 saturated heterocycles. The predicted octanol–water partition coefficient (Wildman–Crippen LogP) is 1.62. The number of hydrogen-bond acceptors (Lipinski definition) is 4. The summed E-state index contributed by atoms with van der Waals surface area (Å²) in [5, 5.41) is 11.4. The number of nitrogens with one attached hydrogen (secondary N) is 1. The van der Waals surface area contributed by atoms with Crippen LogP contribution in [0.3, 0.4) is 0 Å². The highest BCUT2D eigenvalue weighted by Crippen LogP contribution is 2.28. The molecule has 17 heavy (non-hydrogen) atoms. The van der Waals surface area contributed by atoms with Crippen molar-refractivity contribution in [2.45, 2.75) is 5.75 Å². The number of nitro benzene ring substituents is 1. The number of rotatable bonds is 3. The highest BCUT2D eigenvalue weighted by Gasteiger charge is 2.20. The van der Waals surface area contributed by atoms with Crippen LogP contribution in [-0.2, 0) is 15.6 Å². The minimum absolute atomic E-state index is 0.164. The Labute approximate surface area is 97.3 Å². The average molecular weight is 254 g/mol. The highest BCUT2D eigenvalue weighted by atomic mass is 32.2. The zero-order valence-electron chi connectivity index (χ0n) is 9.00. The van der Waals surface area contributed by atoms with Gasteiger partial charge in [0.05, 0.1) is 16.2 Å². The summed E-state index contributed by atoms with van der Waals surface area (Å²) in [5.41, 5.74) is 0.757. The first-order valence-corrected chi connectivity index (χ1v) is 6.85. The summed E-state index contributed by atoms with van der Waals surface area (Å²) in [4.78, 5) is 13.2. The van der Waals surface area contributed by atoms with Crippen molar-refractivity contribution >= 4 is 26.4 Å². The van der Waals surface area contributed by atoms with Crippen LogP contribution in [0, 0.1) is 10.1 Å². The molecular formula is C10H10N2O4S. The molecule has 0 aliphatic heterocycles. The molecule has 1 aromatic carbocycles. The quantitative estimate of drug-likeness (QED) is 0.665. The SMILES string of the molecule is CS(=O)(=O)Cc1c([N+](=O)[O-])ccc2[nH]ccc12. The molecule has 0 atom stereocenters. The van der Waals surface area contributed by atoms with Crippen LogP contribution in [0.25, 0.3) is 10.9 Å². The zero-order chi connectivity index (χ0) is 12.6. The lowest BCUT2D eigenvalue weighted by Crippen LogP contribution is -2.04.